The minimum Gasteiger partial charge on any atom is -0.413 e. The van der Waals surface area contributed by atoms with Crippen LogP contribution in [0.25, 0.3) is 10.8 Å². The molecule has 57 heavy (non-hydrogen) atoms. The summed E-state index contributed by atoms with van der Waals surface area (Å²) in [5, 5.41) is 15.4. The standard InChI is InChI=1S/C44H57FN3O8P/c1-3-5-6-7-8-9-10-11-12-13-14-15-16-17-18-19-20-27-36(49)28-24-32-46-57(53,56-38-30-23-26-35-25-21-22-29-37(35)38)54-34-39-41(51)44(45,4-2)42(55-39)48-33-31-40(50)47-43(48)52/h5-6,8-9,11-12,14-15,17-18,21-23,25-26,29-31,33,39,41-42,51H,3-4,7,10,13,16,19-20,24,27-28,32,34H2,1-2H3,(H,46,53)(H,47,50,52)/b6-5-,9-8-,12-11-,15-14-,18-17-/t39-,41-,42-,44-,57?/m1/s1. The number of hydrogen-bond acceptors (Lipinski definition) is 8. The van der Waals surface area contributed by atoms with Crippen molar-refractivity contribution in [1.29, 1.82) is 0 Å². The van der Waals surface area contributed by atoms with Crippen LogP contribution in [0.15, 0.2) is 125 Å². The van der Waals surface area contributed by atoms with E-state index < -0.39 is 49.7 Å². The van der Waals surface area contributed by atoms with Gasteiger partial charge in [-0.2, -0.15) is 0 Å². The summed E-state index contributed by atoms with van der Waals surface area (Å²) in [5.41, 5.74) is -4.01. The lowest BCUT2D eigenvalue weighted by Crippen LogP contribution is -2.45. The van der Waals surface area contributed by atoms with Crippen molar-refractivity contribution < 1.29 is 32.6 Å². The van der Waals surface area contributed by atoms with E-state index in [1.807, 2.05) is 30.3 Å². The highest BCUT2D eigenvalue weighted by atomic mass is 31.2. The molecule has 1 aliphatic heterocycles. The smallest absolute Gasteiger partial charge is 0.413 e. The number of nitrogens with zero attached hydrogens (tertiary/aromatic N) is 1. The molecule has 308 valence electrons. The number of carbonyl (C=O) groups is 1. The van der Waals surface area contributed by atoms with Crippen LogP contribution in [0.4, 0.5) is 4.39 Å². The topological polar surface area (TPSA) is 149 Å². The molecule has 1 aliphatic rings. The SMILES string of the molecule is CC/C=C\C/C=C\C/C=C\C/C=C\C/C=C\CCCC(=O)CCCNP(=O)(OC[C@H]1O[C@@H](n2ccc(=O)[nH]c2=O)[C@@](F)(CC)[C@@H]1O)Oc1cccc2ccccc12. The Hall–Kier alpha value is -4.45. The number of halogens is 1. The number of benzene rings is 2. The molecule has 0 saturated carbocycles. The van der Waals surface area contributed by atoms with Crippen molar-refractivity contribution in [2.24, 2.45) is 0 Å². The minimum absolute atomic E-state index is 0.0831. The average molecular weight is 806 g/mol. The number of Topliss-reactive ketones (excluding diaryl/α,β-unsaturated/α-hetero) is 1. The van der Waals surface area contributed by atoms with Crippen LogP contribution in [-0.4, -0.2) is 51.5 Å². The highest BCUT2D eigenvalue weighted by molar-refractivity contribution is 7.52. The Morgan fingerprint density at radius 2 is 1.54 bits per heavy atom. The first kappa shape index (κ1) is 45.3. The van der Waals surface area contributed by atoms with Crippen molar-refractivity contribution in [3.05, 3.63) is 136 Å². The summed E-state index contributed by atoms with van der Waals surface area (Å²) >= 11 is 0. The molecule has 1 fully saturated rings. The third-order valence-corrected chi connectivity index (χ3v) is 11.0. The van der Waals surface area contributed by atoms with E-state index in [0.717, 1.165) is 67.2 Å². The number of ketones is 1. The fourth-order valence-corrected chi connectivity index (χ4v) is 7.73. The molecule has 0 aliphatic carbocycles. The van der Waals surface area contributed by atoms with Gasteiger partial charge in [0.05, 0.1) is 6.61 Å². The highest BCUT2D eigenvalue weighted by Crippen LogP contribution is 2.49. The van der Waals surface area contributed by atoms with Gasteiger partial charge in [-0.05, 0) is 69.2 Å². The van der Waals surface area contributed by atoms with Gasteiger partial charge in [-0.15, -0.1) is 0 Å². The Kier molecular flexibility index (Phi) is 18.8. The van der Waals surface area contributed by atoms with Gasteiger partial charge in [0.15, 0.2) is 11.9 Å². The van der Waals surface area contributed by atoms with Gasteiger partial charge in [0, 0.05) is 37.0 Å². The molecule has 2 aromatic carbocycles. The molecule has 0 amide bonds. The molecular weight excluding hydrogens is 748 g/mol. The molecular formula is C44H57FN3O8P. The lowest BCUT2D eigenvalue weighted by atomic mass is 9.93. The number of fused-ring (bicyclic) bond motifs is 1. The van der Waals surface area contributed by atoms with Crippen molar-refractivity contribution in [1.82, 2.24) is 14.6 Å². The second kappa shape index (κ2) is 23.7. The van der Waals surface area contributed by atoms with Crippen LogP contribution >= 0.6 is 7.75 Å². The van der Waals surface area contributed by atoms with Crippen molar-refractivity contribution >= 4 is 24.3 Å². The molecule has 0 bridgehead atoms. The van der Waals surface area contributed by atoms with Crippen LogP contribution in [0.5, 0.6) is 5.75 Å². The maximum absolute atomic E-state index is 16.2. The van der Waals surface area contributed by atoms with Crippen LogP contribution < -0.4 is 20.9 Å². The van der Waals surface area contributed by atoms with Crippen molar-refractivity contribution in [3.63, 3.8) is 0 Å². The Balaban J connectivity index is 1.25. The second-order valence-electron chi connectivity index (χ2n) is 13.8. The lowest BCUT2D eigenvalue weighted by Gasteiger charge is -2.27. The van der Waals surface area contributed by atoms with Crippen LogP contribution in [0.3, 0.4) is 0 Å². The summed E-state index contributed by atoms with van der Waals surface area (Å²) in [6.07, 6.45) is 24.9. The van der Waals surface area contributed by atoms with E-state index >= 15 is 4.39 Å². The first-order valence-corrected chi connectivity index (χ1v) is 21.4. The fraction of sp³-hybridized carbons (Fsp3) is 0.432. The van der Waals surface area contributed by atoms with Gasteiger partial charge in [-0.25, -0.2) is 18.8 Å². The van der Waals surface area contributed by atoms with Crippen LogP contribution in [0.2, 0.25) is 0 Å². The molecule has 1 unspecified atom stereocenters. The highest BCUT2D eigenvalue weighted by Gasteiger charge is 2.57. The molecule has 5 atom stereocenters. The molecule has 1 saturated heterocycles. The lowest BCUT2D eigenvalue weighted by molar-refractivity contribution is -0.119. The third kappa shape index (κ3) is 14.2. The molecule has 0 radical (unpaired) electrons. The number of ether oxygens (including phenoxy) is 1. The molecule has 4 rings (SSSR count). The van der Waals surface area contributed by atoms with Crippen LogP contribution in [0, 0.1) is 0 Å². The number of aliphatic hydroxyl groups excluding tert-OH is 1. The van der Waals surface area contributed by atoms with Crippen molar-refractivity contribution in [2.45, 2.75) is 109 Å². The summed E-state index contributed by atoms with van der Waals surface area (Å²) in [5.74, 6) is 0.355. The molecule has 3 N–H and O–H groups in total. The van der Waals surface area contributed by atoms with Gasteiger partial charge in [0.25, 0.3) is 5.56 Å². The largest absolute Gasteiger partial charge is 0.458 e. The zero-order valence-electron chi connectivity index (χ0n) is 33.0. The molecule has 0 spiro atoms. The monoisotopic (exact) mass is 805 g/mol. The molecule has 3 aromatic rings. The Morgan fingerprint density at radius 1 is 0.912 bits per heavy atom. The number of rotatable bonds is 25. The van der Waals surface area contributed by atoms with Gasteiger partial charge in [0.1, 0.15) is 23.7 Å². The number of H-pyrrole nitrogens is 1. The number of aromatic nitrogens is 2. The van der Waals surface area contributed by atoms with Crippen LogP contribution in [0.1, 0.15) is 90.7 Å². The van der Waals surface area contributed by atoms with E-state index in [2.05, 4.69) is 77.8 Å². The van der Waals surface area contributed by atoms with Crippen molar-refractivity contribution in [3.8, 4) is 5.75 Å². The molecule has 11 nitrogen and oxygen atoms in total. The number of alkyl halides is 1. The average Bonchev–Trinajstić information content (AvgIpc) is 3.45. The molecule has 1 aromatic heterocycles. The minimum atomic E-state index is -4.21. The summed E-state index contributed by atoms with van der Waals surface area (Å²) in [7, 11) is -4.21. The summed E-state index contributed by atoms with van der Waals surface area (Å²) in [6, 6.07) is 13.7. The quantitative estimate of drug-likeness (QED) is 0.0433. The van der Waals surface area contributed by atoms with Gasteiger partial charge in [-0.3, -0.25) is 23.7 Å². The Labute approximate surface area is 334 Å². The number of nitrogens with one attached hydrogen (secondary N) is 2. The van der Waals surface area contributed by atoms with E-state index in [4.69, 9.17) is 13.8 Å². The van der Waals surface area contributed by atoms with Crippen molar-refractivity contribution in [2.75, 3.05) is 13.2 Å². The van der Waals surface area contributed by atoms with Gasteiger partial charge < -0.3 is 14.4 Å². The first-order valence-electron chi connectivity index (χ1n) is 19.9. The number of allylic oxidation sites excluding steroid dienone is 10. The van der Waals surface area contributed by atoms with E-state index in [-0.39, 0.29) is 30.9 Å². The number of hydrogen-bond donors (Lipinski definition) is 3. The number of unbranched alkanes of at least 4 members (excludes halogenated alkanes) is 1. The van der Waals surface area contributed by atoms with Gasteiger partial charge in [0.2, 0.25) is 0 Å². The van der Waals surface area contributed by atoms with Crippen LogP contribution in [-0.2, 0) is 18.6 Å². The fourth-order valence-electron chi connectivity index (χ4n) is 6.32. The maximum atomic E-state index is 16.2. The molecule has 13 heteroatoms. The number of aromatic amines is 1. The number of carbonyl (C=O) groups excluding carboxylic acids is 1. The maximum Gasteiger partial charge on any atom is 0.458 e. The summed E-state index contributed by atoms with van der Waals surface area (Å²) in [6.45, 7) is 3.16. The van der Waals surface area contributed by atoms with E-state index in [9.17, 15) is 24.1 Å². The van der Waals surface area contributed by atoms with E-state index in [1.54, 1.807) is 12.1 Å². The van der Waals surface area contributed by atoms with E-state index in [1.165, 1.54) is 6.92 Å². The van der Waals surface area contributed by atoms with E-state index in [0.29, 0.717) is 18.2 Å². The zero-order chi connectivity index (χ0) is 40.9. The third-order valence-electron chi connectivity index (χ3n) is 9.50. The Morgan fingerprint density at radius 3 is 2.21 bits per heavy atom. The zero-order valence-corrected chi connectivity index (χ0v) is 33.9. The summed E-state index contributed by atoms with van der Waals surface area (Å²) < 4.78 is 48.9. The molecule has 2 heterocycles. The Bertz CT molecular complexity index is 2030. The van der Waals surface area contributed by atoms with Gasteiger partial charge >= 0.3 is 13.4 Å². The second-order valence-corrected chi connectivity index (χ2v) is 15.5. The summed E-state index contributed by atoms with van der Waals surface area (Å²) in [4.78, 5) is 38.8. The number of aliphatic hydroxyl groups is 1. The predicted molar refractivity (Wildman–Crippen MR) is 224 cm³/mol. The normalized spacial score (nSPS) is 21.2. The predicted octanol–water partition coefficient (Wildman–Crippen LogP) is 9.13. The first-order chi connectivity index (χ1) is 27.6. The van der Waals surface area contributed by atoms with Gasteiger partial charge in [-0.1, -0.05) is 111 Å².